The molecule has 0 radical (unpaired) electrons. The number of amides is 1. The molecule has 0 spiro atoms. The summed E-state index contributed by atoms with van der Waals surface area (Å²) < 4.78 is 1.02. The third kappa shape index (κ3) is 3.56. The molecule has 15 heavy (non-hydrogen) atoms. The highest BCUT2D eigenvalue weighted by atomic mass is 127. The molecule has 5 nitrogen and oxygen atoms in total. The summed E-state index contributed by atoms with van der Waals surface area (Å²) >= 11 is 2.14. The zero-order valence-electron chi connectivity index (χ0n) is 7.90. The van der Waals surface area contributed by atoms with Crippen molar-refractivity contribution in [1.29, 1.82) is 0 Å². The van der Waals surface area contributed by atoms with Crippen molar-refractivity contribution < 1.29 is 9.90 Å². The molecule has 1 aromatic rings. The van der Waals surface area contributed by atoms with Crippen LogP contribution in [0.4, 0.5) is 11.4 Å². The van der Waals surface area contributed by atoms with Gasteiger partial charge >= 0.3 is 0 Å². The van der Waals surface area contributed by atoms with E-state index < -0.39 is 12.0 Å². The molecule has 6 N–H and O–H groups in total. The number of nitrogen functional groups attached to an aromatic ring is 1. The Labute approximate surface area is 101 Å². The summed E-state index contributed by atoms with van der Waals surface area (Å²) in [5, 5.41) is 12.0. The van der Waals surface area contributed by atoms with E-state index in [-0.39, 0.29) is 6.54 Å². The summed E-state index contributed by atoms with van der Waals surface area (Å²) in [6, 6.07) is 5.44. The van der Waals surface area contributed by atoms with Crippen LogP contribution in [-0.4, -0.2) is 23.7 Å². The molecule has 1 amide bonds. The van der Waals surface area contributed by atoms with Crippen molar-refractivity contribution in [3.8, 4) is 0 Å². The normalized spacial score (nSPS) is 12.1. The molecule has 0 heterocycles. The van der Waals surface area contributed by atoms with Crippen LogP contribution < -0.4 is 16.8 Å². The summed E-state index contributed by atoms with van der Waals surface area (Å²) in [6.45, 7) is 0.0557. The Kier molecular flexibility index (Phi) is 4.15. The maximum Gasteiger partial charge on any atom is 0.248 e. The summed E-state index contributed by atoms with van der Waals surface area (Å²) in [6.07, 6.45) is -1.20. The summed E-state index contributed by atoms with van der Waals surface area (Å²) in [5.74, 6) is -0.758. The molecule has 1 aromatic carbocycles. The van der Waals surface area contributed by atoms with Gasteiger partial charge in [-0.1, -0.05) is 0 Å². The maximum atomic E-state index is 10.6. The molecular formula is C9H12IN3O2. The number of halogens is 1. The number of rotatable bonds is 4. The Morgan fingerprint density at radius 1 is 1.60 bits per heavy atom. The van der Waals surface area contributed by atoms with E-state index in [1.165, 1.54) is 0 Å². The first-order chi connectivity index (χ1) is 7.00. The summed E-state index contributed by atoms with van der Waals surface area (Å²) in [7, 11) is 0. The highest BCUT2D eigenvalue weighted by molar-refractivity contribution is 14.1. The van der Waals surface area contributed by atoms with E-state index in [0.717, 1.165) is 3.57 Å². The van der Waals surface area contributed by atoms with Crippen LogP contribution >= 0.6 is 22.6 Å². The molecule has 0 aromatic heterocycles. The first kappa shape index (κ1) is 12.1. The minimum Gasteiger partial charge on any atom is -0.397 e. The van der Waals surface area contributed by atoms with Gasteiger partial charge in [0.1, 0.15) is 6.10 Å². The van der Waals surface area contributed by atoms with E-state index in [2.05, 4.69) is 27.9 Å². The van der Waals surface area contributed by atoms with Crippen LogP contribution in [0.3, 0.4) is 0 Å². The van der Waals surface area contributed by atoms with Gasteiger partial charge in [-0.15, -0.1) is 0 Å². The molecule has 1 rings (SSSR count). The standard InChI is InChI=1S/C9H12IN3O2/c10-5-1-2-7(6(11)3-5)13-4-8(14)9(12)15/h1-3,8,13-14H,4,11H2,(H2,12,15). The van der Waals surface area contributed by atoms with Gasteiger partial charge in [-0.2, -0.15) is 0 Å². The number of hydrogen-bond donors (Lipinski definition) is 4. The number of nitrogens with one attached hydrogen (secondary N) is 1. The number of aliphatic hydroxyl groups is 1. The zero-order valence-corrected chi connectivity index (χ0v) is 10.1. The first-order valence-corrected chi connectivity index (χ1v) is 5.35. The monoisotopic (exact) mass is 321 g/mol. The van der Waals surface area contributed by atoms with Gasteiger partial charge in [-0.25, -0.2) is 0 Å². The Morgan fingerprint density at radius 3 is 2.80 bits per heavy atom. The molecule has 0 aliphatic carbocycles. The smallest absolute Gasteiger partial charge is 0.248 e. The molecule has 1 atom stereocenters. The van der Waals surface area contributed by atoms with Crippen LogP contribution in [0.5, 0.6) is 0 Å². The number of primary amides is 1. The van der Waals surface area contributed by atoms with Gasteiger partial charge in [0.25, 0.3) is 0 Å². The Hall–Kier alpha value is -1.02. The molecule has 82 valence electrons. The predicted molar refractivity (Wildman–Crippen MR) is 67.3 cm³/mol. The molecule has 1 unspecified atom stereocenters. The summed E-state index contributed by atoms with van der Waals surface area (Å²) in [5.41, 5.74) is 11.9. The van der Waals surface area contributed by atoms with Crippen LogP contribution in [-0.2, 0) is 4.79 Å². The minimum atomic E-state index is -1.20. The van der Waals surface area contributed by atoms with Gasteiger partial charge in [-0.3, -0.25) is 4.79 Å². The van der Waals surface area contributed by atoms with E-state index in [9.17, 15) is 4.79 Å². The van der Waals surface area contributed by atoms with Crippen molar-refractivity contribution in [2.45, 2.75) is 6.10 Å². The average Bonchev–Trinajstić information content (AvgIpc) is 2.15. The van der Waals surface area contributed by atoms with Gasteiger partial charge in [-0.05, 0) is 40.8 Å². The molecule has 0 aliphatic rings. The largest absolute Gasteiger partial charge is 0.397 e. The van der Waals surface area contributed by atoms with Crippen molar-refractivity contribution in [2.75, 3.05) is 17.6 Å². The third-order valence-corrected chi connectivity index (χ3v) is 2.50. The van der Waals surface area contributed by atoms with E-state index in [1.807, 2.05) is 6.07 Å². The second-order valence-electron chi connectivity index (χ2n) is 3.03. The van der Waals surface area contributed by atoms with Gasteiger partial charge in [0.15, 0.2) is 0 Å². The van der Waals surface area contributed by atoms with Crippen LogP contribution in [0.2, 0.25) is 0 Å². The number of aliphatic hydroxyl groups excluding tert-OH is 1. The number of carbonyl (C=O) groups excluding carboxylic acids is 1. The van der Waals surface area contributed by atoms with Crippen LogP contribution in [0.25, 0.3) is 0 Å². The number of benzene rings is 1. The highest BCUT2D eigenvalue weighted by Gasteiger charge is 2.10. The van der Waals surface area contributed by atoms with Crippen molar-refractivity contribution in [2.24, 2.45) is 5.73 Å². The maximum absolute atomic E-state index is 10.6. The van der Waals surface area contributed by atoms with Gasteiger partial charge in [0.05, 0.1) is 11.4 Å². The van der Waals surface area contributed by atoms with Crippen molar-refractivity contribution >= 4 is 39.9 Å². The zero-order chi connectivity index (χ0) is 11.4. The first-order valence-electron chi connectivity index (χ1n) is 4.27. The van der Waals surface area contributed by atoms with Gasteiger partial charge < -0.3 is 21.9 Å². The van der Waals surface area contributed by atoms with Crippen molar-refractivity contribution in [3.05, 3.63) is 21.8 Å². The van der Waals surface area contributed by atoms with E-state index in [1.54, 1.807) is 12.1 Å². The van der Waals surface area contributed by atoms with E-state index in [4.69, 9.17) is 16.6 Å². The Bertz CT molecular complexity index is 370. The van der Waals surface area contributed by atoms with Crippen LogP contribution in [0.1, 0.15) is 0 Å². The average molecular weight is 321 g/mol. The number of hydrogen-bond acceptors (Lipinski definition) is 4. The second kappa shape index (κ2) is 5.17. The predicted octanol–water partition coefficient (Wildman–Crippen LogP) is 0.131. The number of nitrogens with two attached hydrogens (primary N) is 2. The molecule has 0 aliphatic heterocycles. The lowest BCUT2D eigenvalue weighted by molar-refractivity contribution is -0.125. The van der Waals surface area contributed by atoms with Crippen molar-refractivity contribution in [1.82, 2.24) is 0 Å². The van der Waals surface area contributed by atoms with E-state index in [0.29, 0.717) is 11.4 Å². The van der Waals surface area contributed by atoms with Gasteiger partial charge in [0, 0.05) is 10.1 Å². The topological polar surface area (TPSA) is 101 Å². The fourth-order valence-electron chi connectivity index (χ4n) is 1.00. The lowest BCUT2D eigenvalue weighted by Crippen LogP contribution is -2.34. The van der Waals surface area contributed by atoms with E-state index >= 15 is 0 Å². The fourth-order valence-corrected chi connectivity index (χ4v) is 1.52. The summed E-state index contributed by atoms with van der Waals surface area (Å²) in [4.78, 5) is 10.6. The van der Waals surface area contributed by atoms with Gasteiger partial charge in [0.2, 0.25) is 5.91 Å². The highest BCUT2D eigenvalue weighted by Crippen LogP contribution is 2.20. The minimum absolute atomic E-state index is 0.0557. The Balaban J connectivity index is 2.62. The molecule has 0 saturated heterocycles. The lowest BCUT2D eigenvalue weighted by Gasteiger charge is -2.11. The molecule has 0 saturated carbocycles. The second-order valence-corrected chi connectivity index (χ2v) is 4.28. The number of carbonyl (C=O) groups is 1. The number of anilines is 2. The Morgan fingerprint density at radius 2 is 2.27 bits per heavy atom. The molecule has 6 heteroatoms. The molecule has 0 fully saturated rings. The SMILES string of the molecule is NC(=O)C(O)CNc1ccc(I)cc1N. The molecular weight excluding hydrogens is 309 g/mol. The third-order valence-electron chi connectivity index (χ3n) is 1.83. The van der Waals surface area contributed by atoms with Crippen LogP contribution in [0.15, 0.2) is 18.2 Å². The fraction of sp³-hybridized carbons (Fsp3) is 0.222. The molecule has 0 bridgehead atoms. The quantitative estimate of drug-likeness (QED) is 0.468. The lowest BCUT2D eigenvalue weighted by atomic mass is 10.2. The van der Waals surface area contributed by atoms with Crippen molar-refractivity contribution in [3.63, 3.8) is 0 Å². The van der Waals surface area contributed by atoms with Crippen LogP contribution in [0, 0.1) is 3.57 Å².